The molecule has 0 saturated heterocycles. The van der Waals surface area contributed by atoms with Crippen LogP contribution >= 0.6 is 0 Å². The topological polar surface area (TPSA) is 29.9 Å². The summed E-state index contributed by atoms with van der Waals surface area (Å²) in [6, 6.07) is 23.2. The maximum absolute atomic E-state index is 14.8. The highest BCUT2D eigenvalue weighted by Gasteiger charge is 2.26. The number of rotatable bonds is 3. The van der Waals surface area contributed by atoms with Gasteiger partial charge >= 0.3 is 0 Å². The third kappa shape index (κ3) is 3.01. The van der Waals surface area contributed by atoms with E-state index in [-0.39, 0.29) is 11.9 Å². The van der Waals surface area contributed by atoms with Gasteiger partial charge in [0.05, 0.1) is 17.1 Å². The summed E-state index contributed by atoms with van der Waals surface area (Å²) in [6.07, 6.45) is 2.09. The number of nitrogens with zero attached hydrogens (tertiary/aromatic N) is 2. The van der Waals surface area contributed by atoms with Gasteiger partial charge in [0.15, 0.2) is 0 Å². The van der Waals surface area contributed by atoms with Crippen molar-refractivity contribution in [2.24, 2.45) is 0 Å². The van der Waals surface area contributed by atoms with Gasteiger partial charge in [-0.05, 0) is 41.3 Å². The van der Waals surface area contributed by atoms with E-state index in [2.05, 4.69) is 54.1 Å². The predicted molar refractivity (Wildman–Crippen MR) is 116 cm³/mol. The van der Waals surface area contributed by atoms with Gasteiger partial charge in [0.1, 0.15) is 5.82 Å². The van der Waals surface area contributed by atoms with E-state index in [0.29, 0.717) is 11.5 Å². The highest BCUT2D eigenvalue weighted by molar-refractivity contribution is 5.85. The molecule has 5 rings (SSSR count). The van der Waals surface area contributed by atoms with Crippen LogP contribution in [0.4, 0.5) is 10.3 Å². The van der Waals surface area contributed by atoms with Gasteiger partial charge in [-0.1, -0.05) is 68.4 Å². The summed E-state index contributed by atoms with van der Waals surface area (Å²) >= 11 is 0. The molecule has 2 heterocycles. The quantitative estimate of drug-likeness (QED) is 0.446. The van der Waals surface area contributed by atoms with Crippen LogP contribution in [0.15, 0.2) is 78.9 Å². The molecule has 1 aliphatic rings. The molecule has 1 aliphatic heterocycles. The van der Waals surface area contributed by atoms with Gasteiger partial charge in [0, 0.05) is 11.3 Å². The van der Waals surface area contributed by atoms with E-state index < -0.39 is 0 Å². The van der Waals surface area contributed by atoms with Gasteiger partial charge in [0.2, 0.25) is 5.95 Å². The number of hydrogen-bond donors (Lipinski definition) is 1. The predicted octanol–water partition coefficient (Wildman–Crippen LogP) is 6.35. The molecule has 3 nitrogen and oxygen atoms in total. The van der Waals surface area contributed by atoms with Crippen LogP contribution in [-0.2, 0) is 0 Å². The highest BCUT2D eigenvalue weighted by atomic mass is 19.1. The van der Waals surface area contributed by atoms with Crippen LogP contribution in [0, 0.1) is 5.82 Å². The number of para-hydroxylation sites is 2. The van der Waals surface area contributed by atoms with Crippen LogP contribution in [0.2, 0.25) is 0 Å². The summed E-state index contributed by atoms with van der Waals surface area (Å²) in [7, 11) is 0. The van der Waals surface area contributed by atoms with Crippen molar-refractivity contribution in [2.75, 3.05) is 5.32 Å². The molecule has 0 radical (unpaired) electrons. The molecular weight excluding hydrogens is 361 g/mol. The average molecular weight is 383 g/mol. The Labute approximate surface area is 169 Å². The van der Waals surface area contributed by atoms with E-state index >= 15 is 0 Å². The number of imidazole rings is 1. The molecule has 0 bridgehead atoms. The maximum Gasteiger partial charge on any atom is 0.209 e. The Hall–Kier alpha value is -3.40. The second-order valence-corrected chi connectivity index (χ2v) is 7.74. The van der Waals surface area contributed by atoms with Crippen LogP contribution in [0.1, 0.15) is 42.5 Å². The van der Waals surface area contributed by atoms with Crippen molar-refractivity contribution in [2.45, 2.75) is 25.8 Å². The highest BCUT2D eigenvalue weighted by Crippen LogP contribution is 2.37. The summed E-state index contributed by atoms with van der Waals surface area (Å²) < 4.78 is 16.8. The fourth-order valence-corrected chi connectivity index (χ4v) is 3.97. The molecule has 4 heteroatoms. The van der Waals surface area contributed by atoms with Crippen molar-refractivity contribution >= 4 is 22.7 Å². The first kappa shape index (κ1) is 17.7. The minimum atomic E-state index is -0.278. The summed E-state index contributed by atoms with van der Waals surface area (Å²) in [5.74, 6) is 0.992. The van der Waals surface area contributed by atoms with Crippen molar-refractivity contribution in [3.05, 3.63) is 101 Å². The molecule has 0 unspecified atom stereocenters. The van der Waals surface area contributed by atoms with Crippen molar-refractivity contribution in [3.63, 3.8) is 0 Å². The van der Waals surface area contributed by atoms with Crippen LogP contribution in [0.3, 0.4) is 0 Å². The molecule has 0 spiro atoms. The molecule has 29 heavy (non-hydrogen) atoms. The summed E-state index contributed by atoms with van der Waals surface area (Å²) in [5, 5.41) is 3.46. The number of nitrogens with one attached hydrogen (secondary N) is 1. The van der Waals surface area contributed by atoms with Crippen LogP contribution in [0.5, 0.6) is 0 Å². The maximum atomic E-state index is 14.8. The summed E-state index contributed by atoms with van der Waals surface area (Å²) in [4.78, 5) is 4.77. The number of aromatic nitrogens is 2. The van der Waals surface area contributed by atoms with Gasteiger partial charge in [-0.2, -0.15) is 0 Å². The van der Waals surface area contributed by atoms with Gasteiger partial charge in [-0.25, -0.2) is 9.37 Å². The van der Waals surface area contributed by atoms with Crippen LogP contribution < -0.4 is 5.32 Å². The standard InChI is InChI=1S/C25H22FN3/c1-16(2)17-11-13-18(14-12-17)22-15-24(19-7-3-4-8-20(19)26)29-23-10-6-5-9-21(23)27-25(29)28-22/h3-16,24H,1-2H3,(H,27,28)/t24-/m1/s1. The lowest BCUT2D eigenvalue weighted by Gasteiger charge is -2.27. The average Bonchev–Trinajstić information content (AvgIpc) is 3.12. The van der Waals surface area contributed by atoms with Gasteiger partial charge in [-0.15, -0.1) is 0 Å². The molecule has 1 N–H and O–H groups in total. The van der Waals surface area contributed by atoms with E-state index in [9.17, 15) is 4.39 Å². The molecule has 1 aromatic heterocycles. The Morgan fingerprint density at radius 3 is 2.41 bits per heavy atom. The number of allylic oxidation sites excluding steroid dienone is 1. The first-order valence-corrected chi connectivity index (χ1v) is 9.92. The second-order valence-electron chi connectivity index (χ2n) is 7.74. The number of fused-ring (bicyclic) bond motifs is 3. The second kappa shape index (κ2) is 6.89. The zero-order chi connectivity index (χ0) is 20.0. The molecule has 4 aromatic rings. The fourth-order valence-electron chi connectivity index (χ4n) is 3.97. The largest absolute Gasteiger partial charge is 0.325 e. The summed E-state index contributed by atoms with van der Waals surface area (Å²) in [5.41, 5.74) is 5.80. The number of anilines is 1. The molecule has 0 aliphatic carbocycles. The van der Waals surface area contributed by atoms with Crippen molar-refractivity contribution < 1.29 is 4.39 Å². The van der Waals surface area contributed by atoms with E-state index in [1.54, 1.807) is 6.07 Å². The van der Waals surface area contributed by atoms with Gasteiger partial charge in [-0.3, -0.25) is 4.57 Å². The SMILES string of the molecule is CC(C)c1ccc(C2=C[C@H](c3ccccc3F)n3c(nc4ccccc43)N2)cc1. The number of hydrogen-bond acceptors (Lipinski definition) is 2. The van der Waals surface area contributed by atoms with Crippen LogP contribution in [-0.4, -0.2) is 9.55 Å². The minimum absolute atomic E-state index is 0.214. The van der Waals surface area contributed by atoms with E-state index in [0.717, 1.165) is 28.2 Å². The molecule has 144 valence electrons. The normalized spacial score (nSPS) is 15.9. The smallest absolute Gasteiger partial charge is 0.209 e. The third-order valence-corrected chi connectivity index (χ3v) is 5.56. The van der Waals surface area contributed by atoms with Gasteiger partial charge < -0.3 is 5.32 Å². The first-order valence-electron chi connectivity index (χ1n) is 9.92. The number of benzene rings is 3. The third-order valence-electron chi connectivity index (χ3n) is 5.56. The lowest BCUT2D eigenvalue weighted by atomic mass is 9.98. The Morgan fingerprint density at radius 2 is 1.66 bits per heavy atom. The zero-order valence-electron chi connectivity index (χ0n) is 16.4. The van der Waals surface area contributed by atoms with E-state index in [1.165, 1.54) is 11.6 Å². The molecular formula is C25H22FN3. The Morgan fingerprint density at radius 1 is 0.931 bits per heavy atom. The first-order chi connectivity index (χ1) is 14.1. The Kier molecular flexibility index (Phi) is 4.20. The minimum Gasteiger partial charge on any atom is -0.325 e. The lowest BCUT2D eigenvalue weighted by Crippen LogP contribution is -2.20. The molecule has 0 fully saturated rings. The molecule has 0 saturated carbocycles. The zero-order valence-corrected chi connectivity index (χ0v) is 16.4. The van der Waals surface area contributed by atoms with Crippen molar-refractivity contribution in [3.8, 4) is 0 Å². The van der Waals surface area contributed by atoms with Crippen molar-refractivity contribution in [1.29, 1.82) is 0 Å². The molecule has 1 atom stereocenters. The van der Waals surface area contributed by atoms with Crippen molar-refractivity contribution in [1.82, 2.24) is 9.55 Å². The van der Waals surface area contributed by atoms with Crippen LogP contribution in [0.25, 0.3) is 16.7 Å². The Bertz CT molecular complexity index is 1220. The van der Waals surface area contributed by atoms with E-state index in [1.807, 2.05) is 36.4 Å². The monoisotopic (exact) mass is 383 g/mol. The van der Waals surface area contributed by atoms with Gasteiger partial charge in [0.25, 0.3) is 0 Å². The molecule has 0 amide bonds. The number of halogens is 1. The van der Waals surface area contributed by atoms with E-state index in [4.69, 9.17) is 4.98 Å². The summed E-state index contributed by atoms with van der Waals surface area (Å²) in [6.45, 7) is 4.37. The fraction of sp³-hybridized carbons (Fsp3) is 0.160. The lowest BCUT2D eigenvalue weighted by molar-refractivity contribution is 0.583. The Balaban J connectivity index is 1.68. The molecule has 3 aromatic carbocycles.